The quantitative estimate of drug-likeness (QED) is 0.0278. The lowest BCUT2D eigenvalue weighted by atomic mass is 10.1. The first-order valence-corrected chi connectivity index (χ1v) is 42.5. The van der Waals surface area contributed by atoms with Crippen LogP contribution < -0.4 is 52.3 Å². The van der Waals surface area contributed by atoms with Crippen LogP contribution in [0.4, 0.5) is 31.8 Å². The van der Waals surface area contributed by atoms with Crippen molar-refractivity contribution in [1.82, 2.24) is 74.5 Å². The zero-order valence-electron chi connectivity index (χ0n) is 63.7. The molecule has 6 aliphatic rings. The number of carboxylic acids is 3. The predicted octanol–water partition coefficient (Wildman–Crippen LogP) is 3.46. The molecule has 640 valence electrons. The molecule has 0 saturated carbocycles. The molecule has 3 aromatic carbocycles. The molecule has 12 heterocycles. The summed E-state index contributed by atoms with van der Waals surface area (Å²) in [5.41, 5.74) is 9.70. The van der Waals surface area contributed by atoms with E-state index >= 15 is 0 Å². The number of ether oxygens (including phenoxy) is 9. The lowest BCUT2D eigenvalue weighted by molar-refractivity contribution is -0.205. The number of carbonyl (C=O) groups excluding carboxylic acids is 3. The molecule has 0 aliphatic carbocycles. The number of carboxylic acid groups (broad SMARTS) is 3. The highest BCUT2D eigenvalue weighted by molar-refractivity contribution is 7.52. The Balaban J connectivity index is 0.000000156. The average molecular weight is 1730 g/mol. The Morgan fingerprint density at radius 1 is 0.467 bits per heavy atom. The molecule has 6 saturated heterocycles. The van der Waals surface area contributed by atoms with Gasteiger partial charge in [-0.2, -0.15) is 0 Å². The van der Waals surface area contributed by atoms with E-state index < -0.39 is 208 Å². The Hall–Kier alpha value is -10.7. The second kappa shape index (κ2) is 38.8. The number of fused-ring (bicyclic) bond motifs is 6. The fraction of sp³-hybridized carbons (Fsp3) is 0.423. The lowest BCUT2D eigenvalue weighted by Crippen LogP contribution is -2.37. The summed E-state index contributed by atoms with van der Waals surface area (Å²) in [6.45, 7) is 5.29. The molecule has 9 aromatic rings. The van der Waals surface area contributed by atoms with Crippen molar-refractivity contribution >= 4 is 116 Å². The van der Waals surface area contributed by atoms with E-state index in [1.165, 1.54) is 38.0 Å². The van der Waals surface area contributed by atoms with Gasteiger partial charge >= 0.3 is 36.0 Å². The van der Waals surface area contributed by atoms with Crippen LogP contribution in [0.3, 0.4) is 0 Å². The van der Waals surface area contributed by atoms with Gasteiger partial charge in [-0.15, -0.1) is 0 Å². The van der Waals surface area contributed by atoms with Crippen LogP contribution in [0, 0.1) is 0 Å². The van der Waals surface area contributed by atoms with E-state index in [4.69, 9.17) is 77.3 Å². The SMILES string of the molecule is CCNC(=O)Nc1ncnc2c1ncn2[C@@H]1O[C@H](COP(=O)([O-])CC(N)C(=O)O)C2O[C@H](/C=C/c3ccccc3)O[C@@H]21.CCNC(=O)Nc1ncnc2c1ncn2[C@@H]1O[C@H](COP(=O)([O-])CCC(=O)O)C2O[C@@H](c3ccccc3)O[C@@H]21.CCNC(=O)Nc1ncnc2c1ncn2[C@@H]1O[C@H](COP(=O)([O-])CCC(=O)O)C2O[C@H](c3ccccc3)O[C@@H]21. The van der Waals surface area contributed by atoms with E-state index in [-0.39, 0.29) is 23.0 Å². The molecule has 6 aromatic heterocycles. The highest BCUT2D eigenvalue weighted by Gasteiger charge is 2.57. The van der Waals surface area contributed by atoms with Gasteiger partial charge in [0, 0.05) is 49.2 Å². The number of hydrogen-bond acceptors (Lipinski definition) is 34. The van der Waals surface area contributed by atoms with E-state index in [1.807, 2.05) is 97.1 Å². The number of nitrogens with zero attached hydrogens (tertiary/aromatic N) is 12. The maximum atomic E-state index is 12.4. The maximum Gasteiger partial charge on any atom is 0.320 e. The molecule has 120 heavy (non-hydrogen) atoms. The Bertz CT molecular complexity index is 5090. The average Bonchev–Trinajstić information content (AvgIpc) is 1.60. The number of nitrogens with one attached hydrogen (secondary N) is 6. The number of benzene rings is 3. The molecular formula is C71H81N19O27P3-3. The van der Waals surface area contributed by atoms with Crippen LogP contribution in [0.2, 0.25) is 0 Å². The van der Waals surface area contributed by atoms with E-state index in [2.05, 4.69) is 76.8 Å². The van der Waals surface area contributed by atoms with Gasteiger partial charge < -0.3 is 122 Å². The first-order chi connectivity index (χ1) is 57.7. The van der Waals surface area contributed by atoms with E-state index in [0.29, 0.717) is 47.6 Å². The molecule has 15 rings (SSSR count). The number of imidazole rings is 3. The second-order valence-corrected chi connectivity index (χ2v) is 32.8. The number of amides is 6. The summed E-state index contributed by atoms with van der Waals surface area (Å²) in [6, 6.07) is 24.9. The third-order valence-electron chi connectivity index (χ3n) is 18.8. The summed E-state index contributed by atoms with van der Waals surface area (Å²) in [7, 11) is -13.5. The number of urea groups is 3. The maximum absolute atomic E-state index is 12.4. The Morgan fingerprint density at radius 2 is 0.800 bits per heavy atom. The van der Waals surface area contributed by atoms with Crippen LogP contribution in [-0.4, -0.2) is 235 Å². The highest BCUT2D eigenvalue weighted by Crippen LogP contribution is 2.50. The molecule has 0 spiro atoms. The molecule has 6 amide bonds. The molecule has 49 heteroatoms. The van der Waals surface area contributed by atoms with Gasteiger partial charge in [0.05, 0.1) is 51.6 Å². The van der Waals surface area contributed by atoms with Crippen LogP contribution in [0.15, 0.2) is 135 Å². The predicted molar refractivity (Wildman–Crippen MR) is 408 cm³/mol. The van der Waals surface area contributed by atoms with Crippen molar-refractivity contribution in [1.29, 1.82) is 0 Å². The molecule has 0 bridgehead atoms. The minimum Gasteiger partial charge on any atom is -0.778 e. The summed E-state index contributed by atoms with van der Waals surface area (Å²) < 4.78 is 113. The fourth-order valence-corrected chi connectivity index (χ4v) is 16.4. The third kappa shape index (κ3) is 21.2. The topological polar surface area (TPSA) is 623 Å². The molecule has 6 aliphatic heterocycles. The summed E-state index contributed by atoms with van der Waals surface area (Å²) in [6.07, 6.45) is -3.65. The number of anilines is 3. The second-order valence-electron chi connectivity index (χ2n) is 27.1. The van der Waals surface area contributed by atoms with Gasteiger partial charge in [-0.25, -0.2) is 59.2 Å². The smallest absolute Gasteiger partial charge is 0.320 e. The summed E-state index contributed by atoms with van der Waals surface area (Å²) in [5.74, 6) is -3.41. The number of nitrogens with two attached hydrogens (primary N) is 1. The molecule has 46 nitrogen and oxygen atoms in total. The van der Waals surface area contributed by atoms with Gasteiger partial charge in [-0.3, -0.25) is 44.0 Å². The summed E-state index contributed by atoms with van der Waals surface area (Å²) in [5, 5.41) is 42.3. The normalized spacial score (nSPS) is 25.7. The first-order valence-electron chi connectivity index (χ1n) is 37.3. The van der Waals surface area contributed by atoms with Gasteiger partial charge in [-0.1, -0.05) is 97.1 Å². The van der Waals surface area contributed by atoms with Crippen LogP contribution in [0.25, 0.3) is 39.6 Å². The molecule has 0 radical (unpaired) electrons. The van der Waals surface area contributed by atoms with Crippen LogP contribution >= 0.6 is 22.8 Å². The fourth-order valence-electron chi connectivity index (χ4n) is 13.3. The minimum atomic E-state index is -4.64. The summed E-state index contributed by atoms with van der Waals surface area (Å²) in [4.78, 5) is 144. The van der Waals surface area contributed by atoms with Crippen LogP contribution in [0.5, 0.6) is 0 Å². The number of aromatic nitrogens is 12. The minimum absolute atomic E-state index is 0.174. The van der Waals surface area contributed by atoms with E-state index in [9.17, 15) is 57.1 Å². The zero-order valence-corrected chi connectivity index (χ0v) is 66.4. The number of aliphatic carboxylic acids is 3. The molecule has 6 fully saturated rings. The van der Waals surface area contributed by atoms with Gasteiger partial charge in [0.25, 0.3) is 0 Å². The number of carbonyl (C=O) groups is 6. The van der Waals surface area contributed by atoms with E-state index in [1.54, 1.807) is 40.5 Å². The molecule has 19 atom stereocenters. The van der Waals surface area contributed by atoms with Gasteiger partial charge in [-0.05, 0) is 32.4 Å². The largest absolute Gasteiger partial charge is 0.778 e. The number of rotatable bonds is 31. The lowest BCUT2D eigenvalue weighted by Gasteiger charge is -2.27. The van der Waals surface area contributed by atoms with Gasteiger partial charge in [0.15, 0.2) is 88.5 Å². The van der Waals surface area contributed by atoms with Gasteiger partial charge in [0.1, 0.15) is 103 Å². The number of hydrogen-bond donors (Lipinski definition) is 10. The summed E-state index contributed by atoms with van der Waals surface area (Å²) >= 11 is 0. The van der Waals surface area contributed by atoms with Crippen molar-refractivity contribution in [3.63, 3.8) is 0 Å². The van der Waals surface area contributed by atoms with Crippen molar-refractivity contribution in [2.24, 2.45) is 5.73 Å². The highest BCUT2D eigenvalue weighted by atomic mass is 31.2. The molecule has 11 N–H and O–H groups in total. The van der Waals surface area contributed by atoms with Crippen molar-refractivity contribution in [3.05, 3.63) is 152 Å². The monoisotopic (exact) mass is 1720 g/mol. The van der Waals surface area contributed by atoms with Crippen molar-refractivity contribution in [3.8, 4) is 0 Å². The third-order valence-corrected chi connectivity index (χ3v) is 22.8. The van der Waals surface area contributed by atoms with Crippen LogP contribution in [-0.2, 0) is 84.3 Å². The van der Waals surface area contributed by atoms with Gasteiger partial charge in [0.2, 0.25) is 0 Å². The Morgan fingerprint density at radius 3 is 1.16 bits per heavy atom. The molecular weight excluding hydrogens is 1640 g/mol. The standard InChI is InChI=1S/C25H30N7O9P.2C23H27N6O9P/c1-2-27-25(35)31-21-18-22(29-12-28-21)32(13-30-18)23-20-19(40-17(41-20)9-8-14-6-4-3-5-7-14)16(39-23)10-38-42(36,37)11-15(26)24(33)34;2*1-2-24-23(32)28-19-16-20(26-11-25-19)29(12-27-16)21-18-17(37-22(38-18)13-6-4-3-5-7-13)14(36-21)10-35-39(33,34)9-8-15(30)31/h3-9,12-13,15-17,19-20,23H,2,10-11,26H2,1H3,(H,33,34)(H,36,37)(H2,27,28,29,31,35);2*3-7,11-12,14,17-18,21-22H,2,8-10H2,1H3,(H,30,31)(H,33,34)(H2,24,25,26,28,32)/p-3/b9-8+;;/t15?,16-,17+,19?,20+,23-;14-,17?,18+,21-,22+;14-,17?,18+,21-,22-/m111/s1. The van der Waals surface area contributed by atoms with Crippen LogP contribution in [0.1, 0.15) is 81.6 Å². The van der Waals surface area contributed by atoms with Crippen molar-refractivity contribution < 1.29 is 129 Å². The first kappa shape index (κ1) is 87.1. The Kier molecular flexibility index (Phi) is 28.2. The van der Waals surface area contributed by atoms with E-state index in [0.717, 1.165) is 16.7 Å². The Labute approximate surface area is 679 Å². The van der Waals surface area contributed by atoms with Crippen molar-refractivity contribution in [2.75, 3.05) is 73.9 Å². The zero-order chi connectivity index (χ0) is 85.0. The molecule has 7 unspecified atom stereocenters. The van der Waals surface area contributed by atoms with Crippen molar-refractivity contribution in [2.45, 2.75) is 132 Å².